The molecule has 0 saturated carbocycles. The van der Waals surface area contributed by atoms with E-state index < -0.39 is 0 Å². The molecule has 6 heteroatoms. The monoisotopic (exact) mass is 360 g/mol. The number of carbonyl (C=O) groups is 2. The number of hydrogen-bond acceptors (Lipinski definition) is 2. The molecule has 0 fully saturated rings. The van der Waals surface area contributed by atoms with E-state index in [0.29, 0.717) is 31.6 Å². The average Bonchev–Trinajstić information content (AvgIpc) is 2.59. The van der Waals surface area contributed by atoms with Crippen molar-refractivity contribution in [2.24, 2.45) is 0 Å². The zero-order valence-electron chi connectivity index (χ0n) is 14.7. The normalized spacial score (nSPS) is 10.4. The molecule has 0 aliphatic carbocycles. The van der Waals surface area contributed by atoms with Gasteiger partial charge >= 0.3 is 0 Å². The van der Waals surface area contributed by atoms with Gasteiger partial charge in [0.1, 0.15) is 11.6 Å². The summed E-state index contributed by atoms with van der Waals surface area (Å²) in [5, 5.41) is 2.74. The lowest BCUT2D eigenvalue weighted by Crippen LogP contribution is -2.39. The molecule has 0 aromatic heterocycles. The number of hydrogen-bond donors (Lipinski definition) is 1. The lowest BCUT2D eigenvalue weighted by molar-refractivity contribution is -0.129. The van der Waals surface area contributed by atoms with Crippen LogP contribution in [-0.4, -0.2) is 36.3 Å². The number of amides is 2. The quantitative estimate of drug-likeness (QED) is 0.787. The molecule has 0 aliphatic heterocycles. The van der Waals surface area contributed by atoms with E-state index in [1.54, 1.807) is 29.2 Å². The number of carbonyl (C=O) groups excluding carboxylic acids is 2. The van der Waals surface area contributed by atoms with E-state index in [9.17, 15) is 18.4 Å². The molecule has 138 valence electrons. The predicted molar refractivity (Wildman–Crippen MR) is 95.5 cm³/mol. The Balaban J connectivity index is 1.76. The first-order valence-corrected chi connectivity index (χ1v) is 8.45. The Morgan fingerprint density at radius 3 is 2.35 bits per heavy atom. The summed E-state index contributed by atoms with van der Waals surface area (Å²) in [6.07, 6.45) is 0.699. The van der Waals surface area contributed by atoms with E-state index in [0.717, 1.165) is 5.56 Å². The van der Waals surface area contributed by atoms with Gasteiger partial charge < -0.3 is 10.2 Å². The third kappa shape index (κ3) is 6.63. The summed E-state index contributed by atoms with van der Waals surface area (Å²) < 4.78 is 26.0. The predicted octanol–water partition coefficient (Wildman–Crippen LogP) is 2.71. The van der Waals surface area contributed by atoms with E-state index >= 15 is 0 Å². The summed E-state index contributed by atoms with van der Waals surface area (Å²) in [5.41, 5.74) is 1.54. The second-order valence-electron chi connectivity index (χ2n) is 6.04. The second kappa shape index (κ2) is 9.65. The van der Waals surface area contributed by atoms with Crippen molar-refractivity contribution in [3.8, 4) is 0 Å². The van der Waals surface area contributed by atoms with Gasteiger partial charge in [-0.15, -0.1) is 0 Å². The lowest BCUT2D eigenvalue weighted by Gasteiger charge is -2.21. The summed E-state index contributed by atoms with van der Waals surface area (Å²) in [7, 11) is 0. The zero-order valence-corrected chi connectivity index (χ0v) is 14.7. The number of benzene rings is 2. The Labute approximate surface area is 151 Å². The fourth-order valence-corrected chi connectivity index (χ4v) is 2.57. The first-order valence-electron chi connectivity index (χ1n) is 8.45. The van der Waals surface area contributed by atoms with E-state index in [1.807, 2.05) is 0 Å². The van der Waals surface area contributed by atoms with Crippen molar-refractivity contribution in [3.05, 3.63) is 71.3 Å². The van der Waals surface area contributed by atoms with E-state index in [-0.39, 0.29) is 29.9 Å². The summed E-state index contributed by atoms with van der Waals surface area (Å²) in [4.78, 5) is 25.3. The fraction of sp³-hybridized carbons (Fsp3) is 0.300. The molecule has 26 heavy (non-hydrogen) atoms. The molecule has 1 N–H and O–H groups in total. The molecule has 0 atom stereocenters. The Bertz CT molecular complexity index is 748. The summed E-state index contributed by atoms with van der Waals surface area (Å²) in [6.45, 7) is 2.66. The van der Waals surface area contributed by atoms with Gasteiger partial charge in [0.2, 0.25) is 11.8 Å². The van der Waals surface area contributed by atoms with Crippen LogP contribution in [-0.2, 0) is 22.4 Å². The third-order valence-corrected chi connectivity index (χ3v) is 3.99. The van der Waals surface area contributed by atoms with Gasteiger partial charge in [0.05, 0.1) is 6.42 Å². The van der Waals surface area contributed by atoms with Crippen LogP contribution < -0.4 is 5.32 Å². The topological polar surface area (TPSA) is 49.4 Å². The summed E-state index contributed by atoms with van der Waals surface area (Å²) >= 11 is 0. The number of nitrogens with one attached hydrogen (secondary N) is 1. The minimum atomic E-state index is -0.376. The Morgan fingerprint density at radius 1 is 0.962 bits per heavy atom. The maximum absolute atomic E-state index is 13.1. The summed E-state index contributed by atoms with van der Waals surface area (Å²) in [6, 6.07) is 12.1. The van der Waals surface area contributed by atoms with Gasteiger partial charge in [-0.3, -0.25) is 9.59 Å². The fourth-order valence-electron chi connectivity index (χ4n) is 2.57. The van der Waals surface area contributed by atoms with Crippen LogP contribution in [0.15, 0.2) is 48.5 Å². The van der Waals surface area contributed by atoms with Crippen molar-refractivity contribution >= 4 is 11.8 Å². The smallest absolute Gasteiger partial charge is 0.224 e. The van der Waals surface area contributed by atoms with Gasteiger partial charge in [-0.25, -0.2) is 8.78 Å². The van der Waals surface area contributed by atoms with Crippen LogP contribution in [0, 0.1) is 11.6 Å². The van der Waals surface area contributed by atoms with Crippen LogP contribution in [0.3, 0.4) is 0 Å². The van der Waals surface area contributed by atoms with E-state index in [2.05, 4.69) is 5.32 Å². The van der Waals surface area contributed by atoms with Crippen molar-refractivity contribution in [3.63, 3.8) is 0 Å². The molecule has 2 amide bonds. The maximum atomic E-state index is 13.1. The number of rotatable bonds is 8. The molecule has 0 unspecified atom stereocenters. The van der Waals surface area contributed by atoms with Crippen molar-refractivity contribution in [2.75, 3.05) is 19.6 Å². The molecule has 0 aliphatic rings. The van der Waals surface area contributed by atoms with Crippen molar-refractivity contribution in [1.29, 1.82) is 0 Å². The minimum absolute atomic E-state index is 0.0907. The van der Waals surface area contributed by atoms with Crippen molar-refractivity contribution < 1.29 is 18.4 Å². The van der Waals surface area contributed by atoms with E-state index in [1.165, 1.54) is 31.2 Å². The zero-order chi connectivity index (χ0) is 18.9. The molecule has 2 rings (SSSR count). The van der Waals surface area contributed by atoms with E-state index in [4.69, 9.17) is 0 Å². The largest absolute Gasteiger partial charge is 0.354 e. The Morgan fingerprint density at radius 2 is 1.69 bits per heavy atom. The molecular weight excluding hydrogens is 338 g/mol. The first kappa shape index (κ1) is 19.6. The molecule has 0 saturated heterocycles. The molecule has 0 heterocycles. The Hall–Kier alpha value is -2.76. The van der Waals surface area contributed by atoms with Crippen LogP contribution >= 0.6 is 0 Å². The number of nitrogens with zero attached hydrogens (tertiary/aromatic N) is 1. The minimum Gasteiger partial charge on any atom is -0.354 e. The van der Waals surface area contributed by atoms with Gasteiger partial charge in [-0.05, 0) is 41.8 Å². The molecule has 2 aromatic rings. The highest BCUT2D eigenvalue weighted by atomic mass is 19.1. The van der Waals surface area contributed by atoms with Gasteiger partial charge in [0, 0.05) is 26.6 Å². The van der Waals surface area contributed by atoms with Crippen molar-refractivity contribution in [1.82, 2.24) is 10.2 Å². The van der Waals surface area contributed by atoms with Gasteiger partial charge in [-0.1, -0.05) is 24.3 Å². The van der Waals surface area contributed by atoms with Crippen LogP contribution in [0.2, 0.25) is 0 Å². The van der Waals surface area contributed by atoms with Gasteiger partial charge in [0.15, 0.2) is 0 Å². The van der Waals surface area contributed by atoms with Crippen LogP contribution in [0.5, 0.6) is 0 Å². The summed E-state index contributed by atoms with van der Waals surface area (Å²) in [5.74, 6) is -0.985. The molecule has 0 spiro atoms. The average molecular weight is 360 g/mol. The lowest BCUT2D eigenvalue weighted by atomic mass is 10.1. The van der Waals surface area contributed by atoms with Crippen LogP contribution in [0.1, 0.15) is 18.1 Å². The van der Waals surface area contributed by atoms with Crippen LogP contribution in [0.4, 0.5) is 8.78 Å². The Kier molecular flexibility index (Phi) is 7.26. The highest BCUT2D eigenvalue weighted by Gasteiger charge is 2.10. The standard InChI is InChI=1S/C20H22F2N2O2/c1-15(25)24(11-9-16-5-7-18(21)8-6-16)12-10-23-20(26)14-17-3-2-4-19(22)13-17/h2-8,13H,9-12,14H2,1H3,(H,23,26). The third-order valence-electron chi connectivity index (χ3n) is 3.99. The maximum Gasteiger partial charge on any atom is 0.224 e. The molecule has 4 nitrogen and oxygen atoms in total. The molecule has 0 bridgehead atoms. The first-order chi connectivity index (χ1) is 12.4. The highest BCUT2D eigenvalue weighted by molar-refractivity contribution is 5.78. The van der Waals surface area contributed by atoms with Crippen LogP contribution in [0.25, 0.3) is 0 Å². The SMILES string of the molecule is CC(=O)N(CCNC(=O)Cc1cccc(F)c1)CCc1ccc(F)cc1. The van der Waals surface area contributed by atoms with Gasteiger partial charge in [-0.2, -0.15) is 0 Å². The van der Waals surface area contributed by atoms with Gasteiger partial charge in [0.25, 0.3) is 0 Å². The van der Waals surface area contributed by atoms with Crippen molar-refractivity contribution in [2.45, 2.75) is 19.8 Å². The molecule has 2 aromatic carbocycles. The molecule has 0 radical (unpaired) electrons. The molecular formula is C20H22F2N2O2. The number of halogens is 2. The second-order valence-corrected chi connectivity index (χ2v) is 6.04. The highest BCUT2D eigenvalue weighted by Crippen LogP contribution is 2.05.